The van der Waals surface area contributed by atoms with Crippen molar-refractivity contribution in [3.8, 4) is 16.8 Å². The summed E-state index contributed by atoms with van der Waals surface area (Å²) >= 11 is 1.69. The molecule has 7 aromatic heterocycles. The van der Waals surface area contributed by atoms with E-state index in [4.69, 9.17) is 9.40 Å². The van der Waals surface area contributed by atoms with Crippen molar-refractivity contribution < 1.29 is 4.42 Å². The summed E-state index contributed by atoms with van der Waals surface area (Å²) in [5.41, 5.74) is 7.89. The van der Waals surface area contributed by atoms with Crippen LogP contribution in [0.15, 0.2) is 96.5 Å². The molecule has 9 aromatic rings. The molecule has 39 heavy (non-hydrogen) atoms. The molecular formula is C30H15N7OS. The van der Waals surface area contributed by atoms with Crippen LogP contribution in [0.4, 0.5) is 0 Å². The van der Waals surface area contributed by atoms with Crippen LogP contribution in [0.1, 0.15) is 0 Å². The molecule has 9 rings (SSSR count). The van der Waals surface area contributed by atoms with Gasteiger partial charge in [-0.25, -0.2) is 19.9 Å². The highest BCUT2D eigenvalue weighted by atomic mass is 32.1. The molecule has 0 saturated heterocycles. The number of hydrogen-bond donors (Lipinski definition) is 0. The second-order valence-electron chi connectivity index (χ2n) is 9.34. The molecule has 0 N–H and O–H groups in total. The number of furan rings is 1. The Kier molecular flexibility index (Phi) is 4.05. The zero-order valence-corrected chi connectivity index (χ0v) is 20.9. The van der Waals surface area contributed by atoms with E-state index in [1.54, 1.807) is 42.5 Å². The van der Waals surface area contributed by atoms with Gasteiger partial charge < -0.3 is 4.42 Å². The van der Waals surface area contributed by atoms with E-state index in [1.807, 2.05) is 30.6 Å². The van der Waals surface area contributed by atoms with E-state index in [9.17, 15) is 0 Å². The van der Waals surface area contributed by atoms with Crippen LogP contribution in [0.2, 0.25) is 0 Å². The number of rotatable bonds is 2. The van der Waals surface area contributed by atoms with Crippen molar-refractivity contribution in [2.45, 2.75) is 0 Å². The predicted molar refractivity (Wildman–Crippen MR) is 153 cm³/mol. The Morgan fingerprint density at radius 1 is 0.718 bits per heavy atom. The summed E-state index contributed by atoms with van der Waals surface area (Å²) in [6.07, 6.45) is 12.3. The molecule has 0 atom stereocenters. The van der Waals surface area contributed by atoms with Gasteiger partial charge in [0.05, 0.1) is 11.7 Å². The van der Waals surface area contributed by atoms with Crippen molar-refractivity contribution in [2.75, 3.05) is 0 Å². The first kappa shape index (κ1) is 20.7. The maximum Gasteiger partial charge on any atom is 0.172 e. The van der Waals surface area contributed by atoms with Crippen LogP contribution in [-0.2, 0) is 0 Å². The van der Waals surface area contributed by atoms with E-state index in [1.165, 1.54) is 4.70 Å². The third kappa shape index (κ3) is 2.87. The van der Waals surface area contributed by atoms with Gasteiger partial charge >= 0.3 is 0 Å². The minimum Gasteiger partial charge on any atom is -0.452 e. The highest BCUT2D eigenvalue weighted by Crippen LogP contribution is 2.40. The first-order valence-electron chi connectivity index (χ1n) is 12.3. The monoisotopic (exact) mass is 521 g/mol. The zero-order valence-electron chi connectivity index (χ0n) is 20.1. The number of benzene rings is 2. The van der Waals surface area contributed by atoms with Gasteiger partial charge in [-0.3, -0.25) is 14.5 Å². The Morgan fingerprint density at radius 2 is 1.69 bits per heavy atom. The maximum atomic E-state index is 6.20. The molecule has 0 aliphatic rings. The zero-order chi connectivity index (χ0) is 25.5. The van der Waals surface area contributed by atoms with Gasteiger partial charge in [0.15, 0.2) is 11.2 Å². The SMILES string of the molecule is c1cc(-c2cnc3sc4ccc(-n5c6ccncc6c6nccnc65)cc4c3c2)c2oc3cncnc3c2c1. The smallest absolute Gasteiger partial charge is 0.172 e. The third-order valence-electron chi connectivity index (χ3n) is 7.23. The first-order valence-corrected chi connectivity index (χ1v) is 13.1. The van der Waals surface area contributed by atoms with Gasteiger partial charge in [0.1, 0.15) is 27.8 Å². The molecule has 0 fully saturated rings. The largest absolute Gasteiger partial charge is 0.452 e. The fourth-order valence-corrected chi connectivity index (χ4v) is 6.53. The number of fused-ring (bicyclic) bond motifs is 9. The van der Waals surface area contributed by atoms with Crippen LogP contribution >= 0.6 is 11.3 Å². The summed E-state index contributed by atoms with van der Waals surface area (Å²) in [6.45, 7) is 0. The Labute approximate surface area is 223 Å². The standard InChI is InChI=1S/C30H15N7OS/c1-2-18(28-19(3-1)26-24(38-28)14-32-15-36-26)16-10-21-20-11-17(4-5-25(20)39-30(21)35-12-16)37-23-6-7-31-13-22(23)27-29(37)34-9-8-33-27/h1-15H. The van der Waals surface area contributed by atoms with E-state index in [0.29, 0.717) is 5.58 Å². The normalized spacial score (nSPS) is 12.1. The van der Waals surface area contributed by atoms with Gasteiger partial charge in [0, 0.05) is 74.0 Å². The summed E-state index contributed by atoms with van der Waals surface area (Å²) in [5.74, 6) is 0. The van der Waals surface area contributed by atoms with Gasteiger partial charge in [0.2, 0.25) is 0 Å². The molecule has 0 amide bonds. The Morgan fingerprint density at radius 3 is 2.69 bits per heavy atom. The molecule has 0 aliphatic carbocycles. The lowest BCUT2D eigenvalue weighted by Gasteiger charge is -2.07. The Hall–Kier alpha value is -5.28. The summed E-state index contributed by atoms with van der Waals surface area (Å²) in [5, 5.41) is 4.17. The fraction of sp³-hybridized carbons (Fsp3) is 0. The Balaban J connectivity index is 1.29. The second-order valence-corrected chi connectivity index (χ2v) is 10.4. The van der Waals surface area contributed by atoms with Gasteiger partial charge in [0.25, 0.3) is 0 Å². The molecule has 8 nitrogen and oxygen atoms in total. The second kappa shape index (κ2) is 7.62. The number of thiophene rings is 1. The van der Waals surface area contributed by atoms with Crippen molar-refractivity contribution in [1.82, 2.24) is 34.5 Å². The van der Waals surface area contributed by atoms with Gasteiger partial charge in [-0.05, 0) is 36.4 Å². The van der Waals surface area contributed by atoms with Crippen molar-refractivity contribution >= 4 is 75.8 Å². The van der Waals surface area contributed by atoms with Gasteiger partial charge in [-0.2, -0.15) is 0 Å². The quantitative estimate of drug-likeness (QED) is 0.240. The molecule has 0 unspecified atom stereocenters. The molecule has 7 heterocycles. The molecular weight excluding hydrogens is 506 g/mol. The number of nitrogens with zero attached hydrogens (tertiary/aromatic N) is 7. The van der Waals surface area contributed by atoms with Gasteiger partial charge in [-0.1, -0.05) is 12.1 Å². The third-order valence-corrected chi connectivity index (χ3v) is 8.32. The molecule has 2 aromatic carbocycles. The molecule has 0 radical (unpaired) electrons. The van der Waals surface area contributed by atoms with E-state index in [2.05, 4.69) is 59.8 Å². The lowest BCUT2D eigenvalue weighted by molar-refractivity contribution is 0.666. The minimum atomic E-state index is 0.670. The van der Waals surface area contributed by atoms with Crippen LogP contribution < -0.4 is 0 Å². The molecule has 182 valence electrons. The van der Waals surface area contributed by atoms with Crippen molar-refractivity contribution in [3.63, 3.8) is 0 Å². The van der Waals surface area contributed by atoms with E-state index in [0.717, 1.165) is 71.0 Å². The van der Waals surface area contributed by atoms with Crippen LogP contribution in [0.3, 0.4) is 0 Å². The topological polar surface area (TPSA) is 95.4 Å². The molecule has 0 spiro atoms. The lowest BCUT2D eigenvalue weighted by Crippen LogP contribution is -1.95. The highest BCUT2D eigenvalue weighted by Gasteiger charge is 2.17. The lowest BCUT2D eigenvalue weighted by atomic mass is 10.0. The van der Waals surface area contributed by atoms with E-state index < -0.39 is 0 Å². The van der Waals surface area contributed by atoms with Crippen molar-refractivity contribution in [2.24, 2.45) is 0 Å². The number of hydrogen-bond acceptors (Lipinski definition) is 8. The molecule has 0 aliphatic heterocycles. The predicted octanol–water partition coefficient (Wildman–Crippen LogP) is 7.09. The van der Waals surface area contributed by atoms with Crippen LogP contribution in [0.5, 0.6) is 0 Å². The van der Waals surface area contributed by atoms with E-state index in [-0.39, 0.29) is 0 Å². The van der Waals surface area contributed by atoms with Crippen LogP contribution in [-0.4, -0.2) is 34.5 Å². The number of pyridine rings is 2. The van der Waals surface area contributed by atoms with Crippen LogP contribution in [0.25, 0.3) is 81.3 Å². The number of para-hydroxylation sites is 1. The summed E-state index contributed by atoms with van der Waals surface area (Å²) in [4.78, 5) is 28.0. The van der Waals surface area contributed by atoms with Crippen molar-refractivity contribution in [3.05, 3.63) is 92.0 Å². The maximum absolute atomic E-state index is 6.20. The minimum absolute atomic E-state index is 0.670. The van der Waals surface area contributed by atoms with E-state index >= 15 is 0 Å². The first-order chi connectivity index (χ1) is 19.3. The summed E-state index contributed by atoms with van der Waals surface area (Å²) in [7, 11) is 0. The molecule has 0 saturated carbocycles. The average Bonchev–Trinajstić information content (AvgIpc) is 3.66. The summed E-state index contributed by atoms with van der Waals surface area (Å²) in [6, 6.07) is 16.8. The summed E-state index contributed by atoms with van der Waals surface area (Å²) < 4.78 is 9.52. The highest BCUT2D eigenvalue weighted by molar-refractivity contribution is 7.25. The van der Waals surface area contributed by atoms with Crippen molar-refractivity contribution in [1.29, 1.82) is 0 Å². The molecule has 0 bridgehead atoms. The van der Waals surface area contributed by atoms with Crippen LogP contribution in [0, 0.1) is 0 Å². The Bertz CT molecular complexity index is 2370. The number of aromatic nitrogens is 7. The molecule has 9 heteroatoms. The van der Waals surface area contributed by atoms with Gasteiger partial charge in [-0.15, -0.1) is 11.3 Å². The average molecular weight is 522 g/mol. The fourth-order valence-electron chi connectivity index (χ4n) is 5.52.